The largest absolute Gasteiger partial charge is 0.493 e. The minimum Gasteiger partial charge on any atom is -0.493 e. The van der Waals surface area contributed by atoms with Gasteiger partial charge in [-0.15, -0.1) is 0 Å². The van der Waals surface area contributed by atoms with Gasteiger partial charge in [0, 0.05) is 6.42 Å². The summed E-state index contributed by atoms with van der Waals surface area (Å²) in [5.41, 5.74) is 3.61. The van der Waals surface area contributed by atoms with Crippen LogP contribution >= 0.6 is 0 Å². The first kappa shape index (κ1) is 20.0. The Kier molecular flexibility index (Phi) is 7.14. The third-order valence-corrected chi connectivity index (χ3v) is 4.82. The number of benzene rings is 2. The minimum atomic E-state index is -0.133. The summed E-state index contributed by atoms with van der Waals surface area (Å²) in [7, 11) is 3.23. The normalized spacial score (nSPS) is 14.2. The Hall–Kier alpha value is -2.73. The highest BCUT2D eigenvalue weighted by Gasteiger charge is 2.34. The van der Waals surface area contributed by atoms with Crippen LogP contribution in [0, 0.1) is 5.92 Å². The zero-order valence-corrected chi connectivity index (χ0v) is 16.4. The van der Waals surface area contributed by atoms with E-state index in [1.54, 1.807) is 14.2 Å². The van der Waals surface area contributed by atoms with Crippen LogP contribution < -0.4 is 19.7 Å². The number of amides is 1. The van der Waals surface area contributed by atoms with Crippen LogP contribution in [0.15, 0.2) is 48.5 Å². The van der Waals surface area contributed by atoms with E-state index < -0.39 is 0 Å². The van der Waals surface area contributed by atoms with E-state index in [-0.39, 0.29) is 18.4 Å². The summed E-state index contributed by atoms with van der Waals surface area (Å²) in [5.74, 6) is 2.67. The number of hydrogen-bond donors (Lipinski definition) is 1. The number of rotatable bonds is 11. The van der Waals surface area contributed by atoms with E-state index in [2.05, 4.69) is 5.48 Å². The molecule has 0 aromatic heterocycles. The maximum absolute atomic E-state index is 12.3. The molecule has 1 aliphatic carbocycles. The SMILES string of the molecule is COc1ccc(C(CC(=O)NOCCOc2ccccc2)C2CC2)cc1OC. The molecule has 0 saturated heterocycles. The molecule has 0 aliphatic heterocycles. The first-order valence-electron chi connectivity index (χ1n) is 9.51. The van der Waals surface area contributed by atoms with E-state index in [1.807, 2.05) is 48.5 Å². The topological polar surface area (TPSA) is 66.0 Å². The van der Waals surface area contributed by atoms with Crippen molar-refractivity contribution in [3.8, 4) is 17.2 Å². The molecular formula is C22H27NO5. The average Bonchev–Trinajstić information content (AvgIpc) is 3.57. The van der Waals surface area contributed by atoms with Crippen LogP contribution in [0.1, 0.15) is 30.7 Å². The molecule has 2 aromatic carbocycles. The third kappa shape index (κ3) is 5.63. The van der Waals surface area contributed by atoms with Crippen LogP contribution in [-0.2, 0) is 9.63 Å². The Morgan fingerprint density at radius 3 is 2.46 bits per heavy atom. The van der Waals surface area contributed by atoms with Crippen LogP contribution in [0.25, 0.3) is 0 Å². The Balaban J connectivity index is 1.47. The first-order valence-corrected chi connectivity index (χ1v) is 9.51. The van der Waals surface area contributed by atoms with Gasteiger partial charge in [-0.25, -0.2) is 5.48 Å². The van der Waals surface area contributed by atoms with Crippen LogP contribution in [0.3, 0.4) is 0 Å². The molecule has 1 amide bonds. The van der Waals surface area contributed by atoms with Gasteiger partial charge in [0.05, 0.1) is 14.2 Å². The molecule has 2 aromatic rings. The van der Waals surface area contributed by atoms with Crippen molar-refractivity contribution in [2.45, 2.75) is 25.2 Å². The van der Waals surface area contributed by atoms with Gasteiger partial charge in [-0.2, -0.15) is 0 Å². The summed E-state index contributed by atoms with van der Waals surface area (Å²) in [5, 5.41) is 0. The van der Waals surface area contributed by atoms with E-state index in [4.69, 9.17) is 19.0 Å². The molecule has 1 fully saturated rings. The summed E-state index contributed by atoms with van der Waals surface area (Å²) >= 11 is 0. The highest BCUT2D eigenvalue weighted by atomic mass is 16.7. The highest BCUT2D eigenvalue weighted by Crippen LogP contribution is 2.46. The van der Waals surface area contributed by atoms with Gasteiger partial charge < -0.3 is 14.2 Å². The number of carbonyl (C=O) groups excluding carboxylic acids is 1. The molecule has 6 heteroatoms. The third-order valence-electron chi connectivity index (χ3n) is 4.82. The molecule has 6 nitrogen and oxygen atoms in total. The Morgan fingerprint density at radius 1 is 1.04 bits per heavy atom. The number of ether oxygens (including phenoxy) is 3. The monoisotopic (exact) mass is 385 g/mol. The van der Waals surface area contributed by atoms with E-state index in [0.717, 1.165) is 24.2 Å². The summed E-state index contributed by atoms with van der Waals surface area (Å²) in [6.07, 6.45) is 2.65. The molecule has 0 bridgehead atoms. The number of methoxy groups -OCH3 is 2. The molecule has 28 heavy (non-hydrogen) atoms. The zero-order valence-electron chi connectivity index (χ0n) is 16.4. The summed E-state index contributed by atoms with van der Waals surface area (Å²) in [6.45, 7) is 0.650. The van der Waals surface area contributed by atoms with Crippen molar-refractivity contribution in [3.05, 3.63) is 54.1 Å². The smallest absolute Gasteiger partial charge is 0.244 e. The minimum absolute atomic E-state index is 0.133. The standard InChI is InChI=1S/C22H27NO5/c1-25-20-11-10-17(14-21(20)26-2)19(16-8-9-16)15-22(24)23-28-13-12-27-18-6-4-3-5-7-18/h3-7,10-11,14,16,19H,8-9,12-13,15H2,1-2H3,(H,23,24). The fraction of sp³-hybridized carbons (Fsp3) is 0.409. The highest BCUT2D eigenvalue weighted by molar-refractivity contribution is 5.76. The fourth-order valence-electron chi connectivity index (χ4n) is 3.23. The molecule has 1 saturated carbocycles. The predicted molar refractivity (Wildman–Crippen MR) is 106 cm³/mol. The maximum Gasteiger partial charge on any atom is 0.244 e. The quantitative estimate of drug-likeness (QED) is 0.472. The van der Waals surface area contributed by atoms with Crippen molar-refractivity contribution < 1.29 is 23.8 Å². The number of nitrogens with one attached hydrogen (secondary N) is 1. The summed E-state index contributed by atoms with van der Waals surface area (Å²) in [4.78, 5) is 17.6. The second-order valence-electron chi connectivity index (χ2n) is 6.80. The lowest BCUT2D eigenvalue weighted by Gasteiger charge is -2.18. The Morgan fingerprint density at radius 2 is 1.79 bits per heavy atom. The predicted octanol–water partition coefficient (Wildman–Crippen LogP) is 3.71. The van der Waals surface area contributed by atoms with Gasteiger partial charge in [0.25, 0.3) is 0 Å². The first-order chi connectivity index (χ1) is 13.7. The van der Waals surface area contributed by atoms with Gasteiger partial charge in [0.15, 0.2) is 11.5 Å². The van der Waals surface area contributed by atoms with E-state index in [1.165, 1.54) is 0 Å². The molecule has 3 rings (SSSR count). The zero-order chi connectivity index (χ0) is 19.8. The molecule has 0 spiro atoms. The van der Waals surface area contributed by atoms with Crippen molar-refractivity contribution in [1.29, 1.82) is 0 Å². The van der Waals surface area contributed by atoms with Gasteiger partial charge in [0.2, 0.25) is 5.91 Å². The van der Waals surface area contributed by atoms with Crippen LogP contribution in [0.4, 0.5) is 0 Å². The number of hydroxylamine groups is 1. The van der Waals surface area contributed by atoms with Crippen molar-refractivity contribution in [2.75, 3.05) is 27.4 Å². The van der Waals surface area contributed by atoms with Crippen LogP contribution in [0.5, 0.6) is 17.2 Å². The molecule has 0 radical (unpaired) electrons. The molecule has 1 unspecified atom stereocenters. The van der Waals surface area contributed by atoms with Gasteiger partial charge in [0.1, 0.15) is 19.0 Å². The van der Waals surface area contributed by atoms with E-state index in [9.17, 15) is 4.79 Å². The van der Waals surface area contributed by atoms with Crippen molar-refractivity contribution >= 4 is 5.91 Å². The lowest BCUT2D eigenvalue weighted by atomic mass is 9.90. The van der Waals surface area contributed by atoms with Gasteiger partial charge >= 0.3 is 0 Å². The lowest BCUT2D eigenvalue weighted by Crippen LogP contribution is -2.27. The molecule has 1 N–H and O–H groups in total. The number of carbonyl (C=O) groups is 1. The van der Waals surface area contributed by atoms with Gasteiger partial charge in [-0.05, 0) is 54.5 Å². The van der Waals surface area contributed by atoms with Crippen molar-refractivity contribution in [3.63, 3.8) is 0 Å². The van der Waals surface area contributed by atoms with Crippen LogP contribution in [-0.4, -0.2) is 33.3 Å². The fourth-order valence-corrected chi connectivity index (χ4v) is 3.23. The molecule has 1 aliphatic rings. The Labute approximate surface area is 165 Å². The maximum atomic E-state index is 12.3. The van der Waals surface area contributed by atoms with Crippen molar-refractivity contribution in [2.24, 2.45) is 5.92 Å². The second-order valence-corrected chi connectivity index (χ2v) is 6.80. The number of para-hydroxylation sites is 1. The molecule has 150 valence electrons. The second kappa shape index (κ2) is 9.99. The summed E-state index contributed by atoms with van der Waals surface area (Å²) in [6, 6.07) is 15.4. The van der Waals surface area contributed by atoms with E-state index in [0.29, 0.717) is 30.4 Å². The van der Waals surface area contributed by atoms with Crippen LogP contribution in [0.2, 0.25) is 0 Å². The molecule has 1 atom stereocenters. The lowest BCUT2D eigenvalue weighted by molar-refractivity contribution is -0.134. The number of hydrogen-bond acceptors (Lipinski definition) is 5. The van der Waals surface area contributed by atoms with Gasteiger partial charge in [-0.1, -0.05) is 24.3 Å². The summed E-state index contributed by atoms with van der Waals surface area (Å²) < 4.78 is 16.2. The van der Waals surface area contributed by atoms with Crippen molar-refractivity contribution in [1.82, 2.24) is 5.48 Å². The molecular weight excluding hydrogens is 358 g/mol. The Bertz CT molecular complexity index is 761. The van der Waals surface area contributed by atoms with E-state index >= 15 is 0 Å². The average molecular weight is 385 g/mol. The van der Waals surface area contributed by atoms with Gasteiger partial charge in [-0.3, -0.25) is 9.63 Å². The molecule has 0 heterocycles.